The molecule has 4 rings (SSSR count). The van der Waals surface area contributed by atoms with Crippen LogP contribution in [0.25, 0.3) is 0 Å². The van der Waals surface area contributed by atoms with Gasteiger partial charge in [-0.25, -0.2) is 0 Å². The lowest BCUT2D eigenvalue weighted by Crippen LogP contribution is -2.47. The van der Waals surface area contributed by atoms with E-state index in [2.05, 4.69) is 40.9 Å². The van der Waals surface area contributed by atoms with Crippen molar-refractivity contribution < 1.29 is 9.47 Å². The molecule has 0 bridgehead atoms. The third-order valence-corrected chi connectivity index (χ3v) is 6.60. The Morgan fingerprint density at radius 1 is 1.26 bits per heavy atom. The molecule has 0 aromatic heterocycles. The Labute approximate surface area is 189 Å². The first-order valence-corrected chi connectivity index (χ1v) is 11.2. The van der Waals surface area contributed by atoms with Gasteiger partial charge in [0, 0.05) is 44.2 Å². The number of hydrogen-bond acceptors (Lipinski definition) is 6. The van der Waals surface area contributed by atoms with Crippen LogP contribution < -0.4 is 19.7 Å². The quantitative estimate of drug-likeness (QED) is 0.681. The van der Waals surface area contributed by atoms with Crippen molar-refractivity contribution in [2.24, 2.45) is 5.92 Å². The lowest BCUT2D eigenvalue weighted by molar-refractivity contribution is 0.171. The summed E-state index contributed by atoms with van der Waals surface area (Å²) < 4.78 is 11.6. The van der Waals surface area contributed by atoms with Gasteiger partial charge < -0.3 is 19.7 Å². The lowest BCUT2D eigenvalue weighted by Gasteiger charge is -2.37. The third-order valence-electron chi connectivity index (χ3n) is 6.48. The molecule has 31 heavy (non-hydrogen) atoms. The highest BCUT2D eigenvalue weighted by atomic mass is 35.5. The minimum absolute atomic E-state index is 0.200. The van der Waals surface area contributed by atoms with E-state index in [9.17, 15) is 5.26 Å². The van der Waals surface area contributed by atoms with Crippen LogP contribution in [0.1, 0.15) is 18.9 Å². The lowest BCUT2D eigenvalue weighted by atomic mass is 9.82. The van der Waals surface area contributed by atoms with Crippen LogP contribution >= 0.6 is 11.6 Å². The first-order chi connectivity index (χ1) is 15.1. The van der Waals surface area contributed by atoms with Crippen molar-refractivity contribution in [3.63, 3.8) is 0 Å². The van der Waals surface area contributed by atoms with E-state index in [1.165, 1.54) is 5.57 Å². The Kier molecular flexibility index (Phi) is 6.45. The zero-order valence-electron chi connectivity index (χ0n) is 17.9. The van der Waals surface area contributed by atoms with E-state index >= 15 is 0 Å². The molecule has 0 amide bonds. The first-order valence-electron chi connectivity index (χ1n) is 10.8. The average molecular weight is 441 g/mol. The number of rotatable bonds is 6. The summed E-state index contributed by atoms with van der Waals surface area (Å²) in [6.45, 7) is 12.0. The zero-order chi connectivity index (χ0) is 21.8. The molecular formula is C24H29ClN4O2. The fraction of sp³-hybridized carbons (Fsp3) is 0.458. The van der Waals surface area contributed by atoms with Crippen LogP contribution in [0.4, 0.5) is 5.69 Å². The van der Waals surface area contributed by atoms with E-state index in [4.69, 9.17) is 21.1 Å². The van der Waals surface area contributed by atoms with Crippen LogP contribution in [-0.4, -0.2) is 56.4 Å². The second kappa shape index (κ2) is 9.25. The van der Waals surface area contributed by atoms with Gasteiger partial charge in [0.1, 0.15) is 19.3 Å². The molecule has 0 aliphatic carbocycles. The average Bonchev–Trinajstić information content (AvgIpc) is 3.12. The summed E-state index contributed by atoms with van der Waals surface area (Å²) in [6, 6.07) is 6.01. The van der Waals surface area contributed by atoms with Gasteiger partial charge in [0.05, 0.1) is 16.8 Å². The number of halogens is 1. The van der Waals surface area contributed by atoms with Gasteiger partial charge in [-0.05, 0) is 43.3 Å². The van der Waals surface area contributed by atoms with E-state index in [-0.39, 0.29) is 11.5 Å². The molecule has 1 saturated heterocycles. The van der Waals surface area contributed by atoms with Crippen molar-refractivity contribution in [1.29, 1.82) is 5.26 Å². The molecule has 1 aromatic carbocycles. The third kappa shape index (κ3) is 4.26. The maximum atomic E-state index is 9.35. The molecule has 164 valence electrons. The number of nitriles is 1. The molecule has 1 fully saturated rings. The molecule has 0 radical (unpaired) electrons. The van der Waals surface area contributed by atoms with Crippen LogP contribution in [0.15, 0.2) is 48.2 Å². The Bertz CT molecular complexity index is 930. The van der Waals surface area contributed by atoms with Crippen molar-refractivity contribution in [1.82, 2.24) is 10.2 Å². The molecule has 1 N–H and O–H groups in total. The topological polar surface area (TPSA) is 60.8 Å². The summed E-state index contributed by atoms with van der Waals surface area (Å²) in [5.41, 5.74) is 4.29. The Morgan fingerprint density at radius 3 is 2.68 bits per heavy atom. The van der Waals surface area contributed by atoms with Gasteiger partial charge in [-0.1, -0.05) is 17.7 Å². The first kappa shape index (κ1) is 21.6. The SMILES string of the molecule is C=CC1C(CCN2CCN(c3ccc(C#N)c4c3OCCO4)CC2)=CNC1(C)/C=C/Cl. The van der Waals surface area contributed by atoms with Gasteiger partial charge in [0.2, 0.25) is 0 Å². The van der Waals surface area contributed by atoms with Gasteiger partial charge in [-0.2, -0.15) is 5.26 Å². The van der Waals surface area contributed by atoms with Crippen LogP contribution in [0.3, 0.4) is 0 Å². The Balaban J connectivity index is 1.35. The van der Waals surface area contributed by atoms with Crippen LogP contribution in [-0.2, 0) is 0 Å². The molecule has 3 aliphatic heterocycles. The van der Waals surface area contributed by atoms with Crippen LogP contribution in [0.5, 0.6) is 11.5 Å². The Morgan fingerprint density at radius 2 is 2.00 bits per heavy atom. The molecule has 0 saturated carbocycles. The highest BCUT2D eigenvalue weighted by molar-refractivity contribution is 6.25. The normalized spacial score (nSPS) is 25.8. The summed E-state index contributed by atoms with van der Waals surface area (Å²) >= 11 is 5.84. The molecule has 1 aromatic rings. The van der Waals surface area contributed by atoms with Gasteiger partial charge in [0.15, 0.2) is 11.5 Å². The largest absolute Gasteiger partial charge is 0.485 e. The number of fused-ring (bicyclic) bond motifs is 1. The second-order valence-corrected chi connectivity index (χ2v) is 8.58. The number of nitrogens with zero attached hydrogens (tertiary/aromatic N) is 3. The zero-order valence-corrected chi connectivity index (χ0v) is 18.7. The summed E-state index contributed by atoms with van der Waals surface area (Å²) in [7, 11) is 0. The fourth-order valence-corrected chi connectivity index (χ4v) is 4.94. The number of hydrogen-bond donors (Lipinski definition) is 1. The van der Waals surface area contributed by atoms with Crippen LogP contribution in [0, 0.1) is 17.2 Å². The van der Waals surface area contributed by atoms with E-state index in [0.717, 1.165) is 44.8 Å². The number of piperazine rings is 1. The minimum atomic E-state index is -0.200. The van der Waals surface area contributed by atoms with E-state index < -0.39 is 0 Å². The predicted octanol–water partition coefficient (Wildman–Crippen LogP) is 3.64. The molecule has 3 aliphatic rings. The minimum Gasteiger partial charge on any atom is -0.485 e. The number of ether oxygens (including phenoxy) is 2. The fourth-order valence-electron chi connectivity index (χ4n) is 4.68. The molecule has 7 heteroatoms. The van der Waals surface area contributed by atoms with Gasteiger partial charge >= 0.3 is 0 Å². The molecule has 2 atom stereocenters. The van der Waals surface area contributed by atoms with Crippen molar-refractivity contribution in [3.8, 4) is 17.6 Å². The van der Waals surface area contributed by atoms with Crippen molar-refractivity contribution >= 4 is 17.3 Å². The van der Waals surface area contributed by atoms with Gasteiger partial charge in [-0.15, -0.1) is 6.58 Å². The number of anilines is 1. The molecular weight excluding hydrogens is 412 g/mol. The molecule has 2 unspecified atom stereocenters. The standard InChI is InChI=1S/C24H29ClN4O2/c1-3-20-19(17-27-24(20,2)7-8-25)6-9-28-10-12-29(13-11-28)21-5-4-18(16-26)22-23(21)31-15-14-30-22/h3-5,7-8,17,20,27H,1,6,9-15H2,2H3/b8-7+. The molecule has 0 spiro atoms. The highest BCUT2D eigenvalue weighted by Crippen LogP contribution is 2.42. The summed E-state index contributed by atoms with van der Waals surface area (Å²) in [6.07, 6.45) is 7.13. The second-order valence-electron chi connectivity index (χ2n) is 8.33. The van der Waals surface area contributed by atoms with E-state index in [0.29, 0.717) is 30.3 Å². The number of benzene rings is 1. The van der Waals surface area contributed by atoms with Gasteiger partial charge in [-0.3, -0.25) is 4.90 Å². The van der Waals surface area contributed by atoms with E-state index in [1.54, 1.807) is 5.54 Å². The summed E-state index contributed by atoms with van der Waals surface area (Å²) in [5.74, 6) is 1.53. The predicted molar refractivity (Wildman–Crippen MR) is 124 cm³/mol. The number of nitrogens with one attached hydrogen (secondary N) is 1. The van der Waals surface area contributed by atoms with E-state index in [1.807, 2.05) is 24.3 Å². The summed E-state index contributed by atoms with van der Waals surface area (Å²) in [5, 5.41) is 12.8. The van der Waals surface area contributed by atoms with Crippen molar-refractivity contribution in [2.45, 2.75) is 18.9 Å². The molecule has 6 nitrogen and oxygen atoms in total. The van der Waals surface area contributed by atoms with Crippen molar-refractivity contribution in [2.75, 3.05) is 50.8 Å². The summed E-state index contributed by atoms with van der Waals surface area (Å²) in [4.78, 5) is 4.83. The maximum Gasteiger partial charge on any atom is 0.186 e. The van der Waals surface area contributed by atoms with Crippen molar-refractivity contribution in [3.05, 3.63) is 53.7 Å². The monoisotopic (exact) mass is 440 g/mol. The smallest absolute Gasteiger partial charge is 0.186 e. The van der Waals surface area contributed by atoms with Gasteiger partial charge in [0.25, 0.3) is 0 Å². The van der Waals surface area contributed by atoms with Crippen LogP contribution in [0.2, 0.25) is 0 Å². The molecule has 3 heterocycles. The Hall–Kier alpha value is -2.62. The maximum absolute atomic E-state index is 9.35. The highest BCUT2D eigenvalue weighted by Gasteiger charge is 2.36.